The highest BCUT2D eigenvalue weighted by Crippen LogP contribution is 2.29. The number of pyridine rings is 1. The first kappa shape index (κ1) is 30.1. The Morgan fingerprint density at radius 1 is 0.705 bits per heavy atom. The van der Waals surface area contributed by atoms with Gasteiger partial charge < -0.3 is 19.3 Å². The number of sulfonamides is 1. The van der Waals surface area contributed by atoms with Crippen molar-refractivity contribution in [3.05, 3.63) is 91.1 Å². The van der Waals surface area contributed by atoms with Gasteiger partial charge in [-0.3, -0.25) is 4.72 Å². The van der Waals surface area contributed by atoms with E-state index in [2.05, 4.69) is 34.6 Å². The standard InChI is InChI=1S/C27H17F6N5O5S/c28-26(29,30)41-20-7-5-18(6-8-20)35-23-15-17(13-14-34-23)24-36-25(43-37-24)16-1-3-19(4-2-16)38-44(39,40)22-11-9-21(10-12-22)42-27(31,32)33/h1-15,38H,(H,34,35). The van der Waals surface area contributed by atoms with E-state index in [1.807, 2.05) is 0 Å². The molecule has 3 aromatic carbocycles. The van der Waals surface area contributed by atoms with Crippen molar-refractivity contribution in [1.82, 2.24) is 15.1 Å². The molecule has 0 aliphatic heterocycles. The van der Waals surface area contributed by atoms with E-state index >= 15 is 0 Å². The highest BCUT2D eigenvalue weighted by molar-refractivity contribution is 7.92. The number of benzene rings is 3. The van der Waals surface area contributed by atoms with Crippen LogP contribution in [0.3, 0.4) is 0 Å². The predicted molar refractivity (Wildman–Crippen MR) is 143 cm³/mol. The number of hydrogen-bond acceptors (Lipinski definition) is 9. The molecule has 5 aromatic rings. The largest absolute Gasteiger partial charge is 0.573 e. The van der Waals surface area contributed by atoms with Gasteiger partial charge in [0.1, 0.15) is 17.3 Å². The van der Waals surface area contributed by atoms with Gasteiger partial charge in [-0.1, -0.05) is 5.16 Å². The van der Waals surface area contributed by atoms with Crippen LogP contribution in [0.2, 0.25) is 0 Å². The molecule has 0 saturated carbocycles. The van der Waals surface area contributed by atoms with Crippen LogP contribution in [-0.2, 0) is 10.0 Å². The lowest BCUT2D eigenvalue weighted by atomic mass is 10.2. The Kier molecular flexibility index (Phi) is 8.05. The first-order valence-electron chi connectivity index (χ1n) is 12.1. The van der Waals surface area contributed by atoms with Crippen LogP contribution in [0.4, 0.5) is 43.5 Å². The fourth-order valence-corrected chi connectivity index (χ4v) is 4.76. The third-order valence-corrected chi connectivity index (χ3v) is 6.95. The second-order valence-electron chi connectivity index (χ2n) is 8.75. The zero-order valence-electron chi connectivity index (χ0n) is 21.7. The van der Waals surface area contributed by atoms with E-state index < -0.39 is 28.5 Å². The number of aromatic nitrogens is 3. The van der Waals surface area contributed by atoms with Crippen molar-refractivity contribution in [3.63, 3.8) is 0 Å². The molecule has 10 nitrogen and oxygen atoms in total. The van der Waals surface area contributed by atoms with Crippen molar-refractivity contribution in [2.24, 2.45) is 0 Å². The fourth-order valence-electron chi connectivity index (χ4n) is 3.70. The van der Waals surface area contributed by atoms with Gasteiger partial charge in [-0.25, -0.2) is 13.4 Å². The molecule has 0 spiro atoms. The maximum absolute atomic E-state index is 12.6. The quantitative estimate of drug-likeness (QED) is 0.162. The average molecular weight is 638 g/mol. The van der Waals surface area contributed by atoms with Crippen molar-refractivity contribution in [3.8, 4) is 34.3 Å². The van der Waals surface area contributed by atoms with Crippen LogP contribution >= 0.6 is 0 Å². The maximum Gasteiger partial charge on any atom is 0.573 e. The number of alkyl halides is 6. The molecule has 0 bridgehead atoms. The van der Waals surface area contributed by atoms with Crippen molar-refractivity contribution < 1.29 is 48.8 Å². The van der Waals surface area contributed by atoms with Crippen LogP contribution in [0.5, 0.6) is 11.5 Å². The summed E-state index contributed by atoms with van der Waals surface area (Å²) in [4.78, 5) is 8.23. The van der Waals surface area contributed by atoms with Crippen LogP contribution < -0.4 is 19.5 Å². The minimum atomic E-state index is -4.91. The summed E-state index contributed by atoms with van der Waals surface area (Å²) >= 11 is 0. The number of nitrogens with zero attached hydrogens (tertiary/aromatic N) is 3. The summed E-state index contributed by atoms with van der Waals surface area (Å²) in [5, 5.41) is 6.90. The van der Waals surface area contributed by atoms with Crippen LogP contribution in [0, 0.1) is 0 Å². The highest BCUT2D eigenvalue weighted by atomic mass is 32.2. The maximum atomic E-state index is 12.6. The normalized spacial score (nSPS) is 12.0. The Labute approximate surface area is 244 Å². The van der Waals surface area contributed by atoms with E-state index in [1.54, 1.807) is 12.1 Å². The number of rotatable bonds is 9. The van der Waals surface area contributed by atoms with Crippen LogP contribution in [0.1, 0.15) is 0 Å². The van der Waals surface area contributed by atoms with Crippen molar-refractivity contribution in [2.75, 3.05) is 10.0 Å². The van der Waals surface area contributed by atoms with Gasteiger partial charge >= 0.3 is 12.7 Å². The lowest BCUT2D eigenvalue weighted by molar-refractivity contribution is -0.275. The van der Waals surface area contributed by atoms with E-state index in [9.17, 15) is 34.8 Å². The Morgan fingerprint density at radius 3 is 1.86 bits per heavy atom. The molecule has 0 aliphatic carbocycles. The molecule has 2 aromatic heterocycles. The first-order valence-corrected chi connectivity index (χ1v) is 13.6. The van der Waals surface area contributed by atoms with Gasteiger partial charge in [-0.15, -0.1) is 26.3 Å². The molecule has 0 aliphatic rings. The SMILES string of the molecule is O=S(=O)(Nc1ccc(-c2nc(-c3ccnc(Nc4ccc(OC(F)(F)F)cc4)c3)no2)cc1)c1ccc(OC(F)(F)F)cc1. The fraction of sp³-hybridized carbons (Fsp3) is 0.0741. The van der Waals surface area contributed by atoms with Crippen molar-refractivity contribution >= 4 is 27.2 Å². The zero-order valence-corrected chi connectivity index (χ0v) is 22.5. The number of nitrogens with one attached hydrogen (secondary N) is 2. The summed E-state index contributed by atoms with van der Waals surface area (Å²) in [6.07, 6.45) is -8.24. The second kappa shape index (κ2) is 11.8. The number of hydrogen-bond donors (Lipinski definition) is 2. The molecule has 228 valence electrons. The summed E-state index contributed by atoms with van der Waals surface area (Å²) in [6, 6.07) is 17.9. The molecule has 0 radical (unpaired) electrons. The monoisotopic (exact) mass is 637 g/mol. The molecule has 0 atom stereocenters. The summed E-state index contributed by atoms with van der Waals surface area (Å²) < 4.78 is 115. The van der Waals surface area contributed by atoms with E-state index in [0.717, 1.165) is 36.4 Å². The van der Waals surface area contributed by atoms with Crippen molar-refractivity contribution in [1.29, 1.82) is 0 Å². The van der Waals surface area contributed by atoms with E-state index in [1.165, 1.54) is 42.6 Å². The molecule has 2 N–H and O–H groups in total. The van der Waals surface area contributed by atoms with Gasteiger partial charge in [0.15, 0.2) is 0 Å². The van der Waals surface area contributed by atoms with E-state index in [4.69, 9.17) is 4.52 Å². The van der Waals surface area contributed by atoms with Gasteiger partial charge in [0.2, 0.25) is 5.82 Å². The van der Waals surface area contributed by atoms with Crippen LogP contribution in [-0.4, -0.2) is 36.3 Å². The molecule has 0 unspecified atom stereocenters. The molecule has 44 heavy (non-hydrogen) atoms. The zero-order chi connectivity index (χ0) is 31.5. The molecule has 5 rings (SSSR count). The van der Waals surface area contributed by atoms with Gasteiger partial charge in [0.05, 0.1) is 4.90 Å². The average Bonchev–Trinajstić information content (AvgIpc) is 3.44. The minimum Gasteiger partial charge on any atom is -0.406 e. The predicted octanol–water partition coefficient (Wildman–Crippen LogP) is 7.14. The lowest BCUT2D eigenvalue weighted by Crippen LogP contribution is -2.17. The molecule has 0 saturated heterocycles. The third kappa shape index (κ3) is 7.94. The Balaban J connectivity index is 1.24. The number of halogens is 6. The Hall–Kier alpha value is -5.32. The third-order valence-electron chi connectivity index (χ3n) is 5.56. The molecule has 0 amide bonds. The van der Waals surface area contributed by atoms with Gasteiger partial charge in [0, 0.05) is 28.7 Å². The molecular weight excluding hydrogens is 620 g/mol. The summed E-state index contributed by atoms with van der Waals surface area (Å²) in [5.41, 5.74) is 1.56. The van der Waals surface area contributed by atoms with Gasteiger partial charge in [0.25, 0.3) is 15.9 Å². The van der Waals surface area contributed by atoms with E-state index in [-0.39, 0.29) is 28.0 Å². The van der Waals surface area contributed by atoms with Crippen LogP contribution in [0.25, 0.3) is 22.8 Å². The highest BCUT2D eigenvalue weighted by Gasteiger charge is 2.32. The molecule has 2 heterocycles. The Morgan fingerprint density at radius 2 is 1.27 bits per heavy atom. The molecular formula is C27H17F6N5O5S. The molecule has 17 heteroatoms. The molecule has 0 fully saturated rings. The number of ether oxygens (including phenoxy) is 2. The minimum absolute atomic E-state index is 0.112. The smallest absolute Gasteiger partial charge is 0.406 e. The summed E-state index contributed by atoms with van der Waals surface area (Å²) in [6.45, 7) is 0. The van der Waals surface area contributed by atoms with Gasteiger partial charge in [-0.05, 0) is 84.9 Å². The van der Waals surface area contributed by atoms with Gasteiger partial charge in [-0.2, -0.15) is 4.98 Å². The van der Waals surface area contributed by atoms with Crippen molar-refractivity contribution in [2.45, 2.75) is 17.6 Å². The topological polar surface area (TPSA) is 128 Å². The first-order chi connectivity index (χ1) is 20.7. The van der Waals surface area contributed by atoms with E-state index in [0.29, 0.717) is 22.6 Å². The van der Waals surface area contributed by atoms with Crippen LogP contribution in [0.15, 0.2) is 101 Å². The summed E-state index contributed by atoms with van der Waals surface area (Å²) in [5.74, 6) is -0.282. The lowest BCUT2D eigenvalue weighted by Gasteiger charge is -2.11. The summed E-state index contributed by atoms with van der Waals surface area (Å²) in [7, 11) is -4.12. The second-order valence-corrected chi connectivity index (χ2v) is 10.4. The Bertz CT molecular complexity index is 1840. The number of anilines is 3.